The lowest BCUT2D eigenvalue weighted by Crippen LogP contribution is -2.22. The molecule has 0 aliphatic heterocycles. The third-order valence-electron chi connectivity index (χ3n) is 4.07. The molecule has 4 heteroatoms. The molecule has 0 radical (unpaired) electrons. The van der Waals surface area contributed by atoms with E-state index in [1.54, 1.807) is 0 Å². The number of carbonyl (C=O) groups excluding carboxylic acids is 1. The van der Waals surface area contributed by atoms with Crippen molar-refractivity contribution in [1.82, 2.24) is 4.57 Å². The van der Waals surface area contributed by atoms with Gasteiger partial charge in [-0.05, 0) is 36.6 Å². The summed E-state index contributed by atoms with van der Waals surface area (Å²) in [4.78, 5) is 18.5. The van der Waals surface area contributed by atoms with Crippen LogP contribution < -0.4 is 4.80 Å². The summed E-state index contributed by atoms with van der Waals surface area (Å²) in [5.74, 6) is -0.103. The van der Waals surface area contributed by atoms with Crippen molar-refractivity contribution < 1.29 is 4.79 Å². The molecule has 0 atom stereocenters. The van der Waals surface area contributed by atoms with Crippen LogP contribution in [0, 0.1) is 12.3 Å². The van der Waals surface area contributed by atoms with E-state index in [0.717, 1.165) is 21.8 Å². The predicted octanol–water partition coefficient (Wildman–Crippen LogP) is 4.91. The fourth-order valence-corrected chi connectivity index (χ4v) is 3.41. The zero-order valence-corrected chi connectivity index (χ0v) is 16.5. The third-order valence-corrected chi connectivity index (χ3v) is 4.97. The van der Waals surface area contributed by atoms with Crippen molar-refractivity contribution >= 4 is 17.2 Å². The summed E-state index contributed by atoms with van der Waals surface area (Å²) in [5, 5.41) is 0. The molecule has 0 aliphatic rings. The van der Waals surface area contributed by atoms with Crippen LogP contribution in [0.5, 0.6) is 0 Å². The average molecular weight is 365 g/mol. The van der Waals surface area contributed by atoms with Crippen molar-refractivity contribution in [3.63, 3.8) is 0 Å². The van der Waals surface area contributed by atoms with E-state index >= 15 is 0 Å². The molecule has 0 unspecified atom stereocenters. The first kappa shape index (κ1) is 18.3. The molecular weight excluding hydrogens is 340 g/mol. The Morgan fingerprint density at radius 3 is 2.23 bits per heavy atom. The second-order valence-electron chi connectivity index (χ2n) is 7.49. The van der Waals surface area contributed by atoms with Crippen molar-refractivity contribution in [2.75, 3.05) is 0 Å². The molecule has 0 bridgehead atoms. The Morgan fingerprint density at radius 2 is 1.62 bits per heavy atom. The molecule has 3 aromatic rings. The standard InChI is InChI=1S/C22H24N2OS/c1-16-15-24(21(26-16)23-20(25)22(2,3)4)19-12-10-18(11-13-19)14-17-8-6-5-7-9-17/h5-13,15H,14H2,1-4H3/b23-21-. The van der Waals surface area contributed by atoms with E-state index in [-0.39, 0.29) is 5.91 Å². The summed E-state index contributed by atoms with van der Waals surface area (Å²) >= 11 is 1.54. The molecule has 0 aliphatic carbocycles. The normalized spacial score (nSPS) is 12.4. The minimum absolute atomic E-state index is 0.103. The van der Waals surface area contributed by atoms with Gasteiger partial charge in [-0.25, -0.2) is 0 Å². The van der Waals surface area contributed by atoms with Gasteiger partial charge in [0.25, 0.3) is 5.91 Å². The molecule has 0 fully saturated rings. The third kappa shape index (κ3) is 4.38. The number of carbonyl (C=O) groups is 1. The highest BCUT2D eigenvalue weighted by Crippen LogP contribution is 2.17. The lowest BCUT2D eigenvalue weighted by molar-refractivity contribution is -0.125. The van der Waals surface area contributed by atoms with Crippen LogP contribution in [0.15, 0.2) is 65.8 Å². The van der Waals surface area contributed by atoms with Crippen LogP contribution in [0.1, 0.15) is 36.8 Å². The maximum absolute atomic E-state index is 12.3. The van der Waals surface area contributed by atoms with E-state index in [2.05, 4.69) is 53.5 Å². The van der Waals surface area contributed by atoms with E-state index in [4.69, 9.17) is 0 Å². The zero-order valence-electron chi connectivity index (χ0n) is 15.7. The molecule has 0 spiro atoms. The van der Waals surface area contributed by atoms with Crippen LogP contribution in [0.4, 0.5) is 0 Å². The number of aryl methyl sites for hydroxylation is 1. The van der Waals surface area contributed by atoms with E-state index < -0.39 is 5.41 Å². The Kier molecular flexibility index (Phi) is 5.23. The number of hydrogen-bond acceptors (Lipinski definition) is 2. The number of amides is 1. The maximum Gasteiger partial charge on any atom is 0.253 e. The summed E-state index contributed by atoms with van der Waals surface area (Å²) in [6.07, 6.45) is 2.94. The van der Waals surface area contributed by atoms with Gasteiger partial charge >= 0.3 is 0 Å². The van der Waals surface area contributed by atoms with Gasteiger partial charge in [-0.3, -0.25) is 9.36 Å². The van der Waals surface area contributed by atoms with Crippen LogP contribution in [-0.2, 0) is 11.2 Å². The van der Waals surface area contributed by atoms with Crippen molar-refractivity contribution in [3.05, 3.63) is 81.6 Å². The Hall–Kier alpha value is -2.46. The number of hydrogen-bond donors (Lipinski definition) is 0. The van der Waals surface area contributed by atoms with Gasteiger partial charge in [0.2, 0.25) is 0 Å². The number of benzene rings is 2. The van der Waals surface area contributed by atoms with Crippen LogP contribution in [-0.4, -0.2) is 10.5 Å². The molecule has 0 N–H and O–H groups in total. The summed E-state index contributed by atoms with van der Waals surface area (Å²) in [6, 6.07) is 18.9. The number of rotatable bonds is 3. The minimum atomic E-state index is -0.477. The minimum Gasteiger partial charge on any atom is -0.292 e. The van der Waals surface area contributed by atoms with Gasteiger partial charge in [-0.1, -0.05) is 63.2 Å². The lowest BCUT2D eigenvalue weighted by atomic mass is 9.96. The molecule has 1 heterocycles. The van der Waals surface area contributed by atoms with E-state index in [1.807, 2.05) is 44.5 Å². The quantitative estimate of drug-likeness (QED) is 0.650. The van der Waals surface area contributed by atoms with Gasteiger partial charge in [0.1, 0.15) is 0 Å². The van der Waals surface area contributed by atoms with E-state index in [1.165, 1.54) is 22.5 Å². The van der Waals surface area contributed by atoms with Gasteiger partial charge in [0, 0.05) is 22.2 Å². The van der Waals surface area contributed by atoms with Gasteiger partial charge in [-0.15, -0.1) is 11.3 Å². The van der Waals surface area contributed by atoms with Crippen molar-refractivity contribution in [1.29, 1.82) is 0 Å². The van der Waals surface area contributed by atoms with Gasteiger partial charge in [0.15, 0.2) is 4.80 Å². The number of aromatic nitrogens is 1. The van der Waals surface area contributed by atoms with Gasteiger partial charge in [-0.2, -0.15) is 4.99 Å². The number of nitrogens with zero attached hydrogens (tertiary/aromatic N) is 2. The van der Waals surface area contributed by atoms with Crippen LogP contribution >= 0.6 is 11.3 Å². The summed E-state index contributed by atoms with van der Waals surface area (Å²) in [7, 11) is 0. The second-order valence-corrected chi connectivity index (χ2v) is 8.70. The number of thiazole rings is 1. The summed E-state index contributed by atoms with van der Waals surface area (Å²) < 4.78 is 2.00. The molecular formula is C22H24N2OS. The monoisotopic (exact) mass is 364 g/mol. The highest BCUT2D eigenvalue weighted by atomic mass is 32.1. The first-order valence-electron chi connectivity index (χ1n) is 8.74. The molecule has 1 amide bonds. The van der Waals surface area contributed by atoms with Gasteiger partial charge in [0.05, 0.1) is 0 Å². The second kappa shape index (κ2) is 7.42. The maximum atomic E-state index is 12.3. The molecule has 134 valence electrons. The topological polar surface area (TPSA) is 34.4 Å². The van der Waals surface area contributed by atoms with Gasteiger partial charge < -0.3 is 0 Å². The zero-order chi connectivity index (χ0) is 18.7. The molecule has 0 saturated carbocycles. The average Bonchev–Trinajstić information content (AvgIpc) is 2.96. The van der Waals surface area contributed by atoms with Crippen LogP contribution in [0.2, 0.25) is 0 Å². The fourth-order valence-electron chi connectivity index (χ4n) is 2.58. The van der Waals surface area contributed by atoms with Crippen LogP contribution in [0.25, 0.3) is 5.69 Å². The largest absolute Gasteiger partial charge is 0.292 e. The summed E-state index contributed by atoms with van der Waals surface area (Å²) in [6.45, 7) is 7.71. The summed E-state index contributed by atoms with van der Waals surface area (Å²) in [5.41, 5.74) is 3.10. The molecule has 3 nitrogen and oxygen atoms in total. The van der Waals surface area contributed by atoms with Crippen LogP contribution in [0.3, 0.4) is 0 Å². The fraction of sp³-hybridized carbons (Fsp3) is 0.273. The first-order chi connectivity index (χ1) is 12.3. The van der Waals surface area contributed by atoms with E-state index in [9.17, 15) is 4.79 Å². The van der Waals surface area contributed by atoms with Crippen molar-refractivity contribution in [2.45, 2.75) is 34.1 Å². The van der Waals surface area contributed by atoms with E-state index in [0.29, 0.717) is 0 Å². The SMILES string of the molecule is Cc1cn(-c2ccc(Cc3ccccc3)cc2)/c(=N/C(=O)C(C)(C)C)s1. The molecule has 2 aromatic carbocycles. The van der Waals surface area contributed by atoms with Crippen molar-refractivity contribution in [2.24, 2.45) is 10.4 Å². The Balaban J connectivity index is 1.90. The highest BCUT2D eigenvalue weighted by Gasteiger charge is 2.21. The Labute approximate surface area is 158 Å². The van der Waals surface area contributed by atoms with Crippen molar-refractivity contribution in [3.8, 4) is 5.69 Å². The molecule has 3 rings (SSSR count). The smallest absolute Gasteiger partial charge is 0.253 e. The lowest BCUT2D eigenvalue weighted by Gasteiger charge is -2.12. The molecule has 26 heavy (non-hydrogen) atoms. The predicted molar refractivity (Wildman–Crippen MR) is 108 cm³/mol. The molecule has 0 saturated heterocycles. The molecule has 1 aromatic heterocycles. The first-order valence-corrected chi connectivity index (χ1v) is 9.56. The Bertz CT molecular complexity index is 958. The highest BCUT2D eigenvalue weighted by molar-refractivity contribution is 7.09. The Morgan fingerprint density at radius 1 is 1.00 bits per heavy atom.